The molecule has 230 valence electrons. The lowest BCUT2D eigenvalue weighted by Crippen LogP contribution is -2.59. The highest BCUT2D eigenvalue weighted by Gasteiger charge is 2.32. The number of hydrogen-bond acceptors (Lipinski definition) is 8. The number of amides is 4. The molecule has 0 bridgehead atoms. The third-order valence-electron chi connectivity index (χ3n) is 6.86. The molecule has 1 heterocycles. The zero-order valence-electron chi connectivity index (χ0n) is 23.4. The van der Waals surface area contributed by atoms with E-state index in [-0.39, 0.29) is 31.4 Å². The lowest BCUT2D eigenvalue weighted by atomic mass is 10.0. The lowest BCUT2D eigenvalue weighted by molar-refractivity contribution is -0.142. The van der Waals surface area contributed by atoms with Crippen LogP contribution in [0.2, 0.25) is 0 Å². The van der Waals surface area contributed by atoms with Crippen molar-refractivity contribution in [3.05, 3.63) is 65.9 Å². The van der Waals surface area contributed by atoms with Gasteiger partial charge in [0, 0.05) is 36.4 Å². The van der Waals surface area contributed by atoms with Gasteiger partial charge < -0.3 is 47.7 Å². The zero-order chi connectivity index (χ0) is 31.7. The average Bonchev–Trinajstić information content (AvgIpc) is 3.37. The molecule has 5 unspecified atom stereocenters. The Morgan fingerprint density at radius 1 is 0.860 bits per heavy atom. The molecule has 0 fully saturated rings. The highest BCUT2D eigenvalue weighted by molar-refractivity contribution is 5.95. The van der Waals surface area contributed by atoms with Gasteiger partial charge in [-0.3, -0.25) is 19.2 Å². The molecule has 43 heavy (non-hydrogen) atoms. The molecule has 1 aromatic heterocycles. The highest BCUT2D eigenvalue weighted by atomic mass is 16.4. The first kappa shape index (κ1) is 32.6. The van der Waals surface area contributed by atoms with Gasteiger partial charge in [-0.05, 0) is 42.7 Å². The Balaban J connectivity index is 1.90. The molecule has 5 atom stereocenters. The Morgan fingerprint density at radius 2 is 1.44 bits per heavy atom. The minimum atomic E-state index is -1.47. The van der Waals surface area contributed by atoms with E-state index >= 15 is 0 Å². The monoisotopic (exact) mass is 596 g/mol. The molecule has 0 radical (unpaired) electrons. The first-order valence-corrected chi connectivity index (χ1v) is 13.5. The summed E-state index contributed by atoms with van der Waals surface area (Å²) in [4.78, 5) is 65.9. The van der Waals surface area contributed by atoms with Gasteiger partial charge in [0.05, 0.1) is 6.10 Å². The second-order valence-electron chi connectivity index (χ2n) is 10.2. The summed E-state index contributed by atoms with van der Waals surface area (Å²) in [6.07, 6.45) is -0.221. The molecule has 0 saturated heterocycles. The second-order valence-corrected chi connectivity index (χ2v) is 10.2. The Morgan fingerprint density at radius 3 is 2.05 bits per heavy atom. The number of carboxylic acid groups (broad SMARTS) is 1. The van der Waals surface area contributed by atoms with Crippen LogP contribution in [0.5, 0.6) is 5.75 Å². The van der Waals surface area contributed by atoms with E-state index in [0.29, 0.717) is 11.1 Å². The minimum Gasteiger partial charge on any atom is -0.508 e. The number of benzene rings is 2. The maximum atomic E-state index is 13.7. The van der Waals surface area contributed by atoms with E-state index in [0.717, 1.165) is 10.9 Å². The van der Waals surface area contributed by atoms with Gasteiger partial charge in [-0.25, -0.2) is 4.79 Å². The van der Waals surface area contributed by atoms with E-state index in [1.165, 1.54) is 31.2 Å². The number of phenolic OH excluding ortho intramolecular Hbond substituents is 1. The largest absolute Gasteiger partial charge is 0.508 e. The average molecular weight is 597 g/mol. The summed E-state index contributed by atoms with van der Waals surface area (Å²) in [6, 6.07) is 7.74. The molecule has 0 aliphatic rings. The van der Waals surface area contributed by atoms with Crippen molar-refractivity contribution in [3.63, 3.8) is 0 Å². The molecule has 0 aliphatic carbocycles. The normalized spacial score (nSPS) is 14.6. The van der Waals surface area contributed by atoms with E-state index in [1.54, 1.807) is 6.20 Å². The number of nitrogens with one attached hydrogen (secondary N) is 4. The fourth-order valence-corrected chi connectivity index (χ4v) is 4.38. The number of carbonyl (C=O) groups is 5. The minimum absolute atomic E-state index is 0.0158. The number of aliphatic hydroxyl groups excluding tert-OH is 1. The zero-order valence-corrected chi connectivity index (χ0v) is 23.4. The molecule has 3 aromatic rings. The Bertz CT molecular complexity index is 1450. The van der Waals surface area contributed by atoms with Gasteiger partial charge >= 0.3 is 5.97 Å². The standard InChI is InChI=1S/C29H36N6O8/c1-15(36)25(31)28(41)35-23(13-17-14-32-20-5-3-2-4-19(17)20)27(40)34-22(12-16-6-8-18(37)9-7-16)26(39)33-21(29(42)43)10-11-24(30)38/h2-9,14-15,21-23,25,32,36-37H,10-13,31H2,1H3,(H2,30,38)(H,33,39)(H,34,40)(H,35,41)(H,42,43). The smallest absolute Gasteiger partial charge is 0.326 e. The number of aromatic hydroxyl groups is 1. The number of hydrogen-bond donors (Lipinski definition) is 9. The topological polar surface area (TPSA) is 250 Å². The Kier molecular flexibility index (Phi) is 11.2. The number of carboxylic acids is 1. The predicted molar refractivity (Wildman–Crippen MR) is 155 cm³/mol. The van der Waals surface area contributed by atoms with Gasteiger partial charge in [-0.1, -0.05) is 30.3 Å². The van der Waals surface area contributed by atoms with Crippen molar-refractivity contribution < 1.29 is 39.3 Å². The van der Waals surface area contributed by atoms with Crippen LogP contribution in [0, 0.1) is 0 Å². The molecule has 2 aromatic carbocycles. The number of H-pyrrole nitrogens is 1. The molecular formula is C29H36N6O8. The number of aliphatic hydroxyl groups is 1. The van der Waals surface area contributed by atoms with Crippen LogP contribution in [0.1, 0.15) is 30.9 Å². The molecule has 0 aliphatic heterocycles. The summed E-state index contributed by atoms with van der Waals surface area (Å²) in [5, 5.41) is 37.3. The number of rotatable bonds is 15. The first-order chi connectivity index (χ1) is 20.3. The van der Waals surface area contributed by atoms with Gasteiger partial charge in [-0.15, -0.1) is 0 Å². The molecular weight excluding hydrogens is 560 g/mol. The third kappa shape index (κ3) is 9.28. The van der Waals surface area contributed by atoms with Crippen molar-refractivity contribution >= 4 is 40.5 Å². The third-order valence-corrected chi connectivity index (χ3v) is 6.86. The molecule has 14 nitrogen and oxygen atoms in total. The maximum Gasteiger partial charge on any atom is 0.326 e. The molecule has 0 spiro atoms. The van der Waals surface area contributed by atoms with Crippen LogP contribution < -0.4 is 27.4 Å². The van der Waals surface area contributed by atoms with Crippen molar-refractivity contribution in [3.8, 4) is 5.75 Å². The van der Waals surface area contributed by atoms with E-state index in [1.807, 2.05) is 24.3 Å². The number of primary amides is 1. The highest BCUT2D eigenvalue weighted by Crippen LogP contribution is 2.20. The van der Waals surface area contributed by atoms with Gasteiger partial charge in [0.2, 0.25) is 23.6 Å². The predicted octanol–water partition coefficient (Wildman–Crippen LogP) is -0.829. The molecule has 11 N–H and O–H groups in total. The van der Waals surface area contributed by atoms with Crippen LogP contribution in [0.3, 0.4) is 0 Å². The van der Waals surface area contributed by atoms with Gasteiger partial charge in [0.25, 0.3) is 0 Å². The quantitative estimate of drug-likeness (QED) is 0.106. The van der Waals surface area contributed by atoms with Gasteiger partial charge in [0.1, 0.15) is 29.9 Å². The second kappa shape index (κ2) is 14.8. The number of aromatic amines is 1. The van der Waals surface area contributed by atoms with Gasteiger partial charge in [0.15, 0.2) is 0 Å². The lowest BCUT2D eigenvalue weighted by Gasteiger charge is -2.26. The first-order valence-electron chi connectivity index (χ1n) is 13.5. The SMILES string of the molecule is CC(O)C(N)C(=O)NC(Cc1c[nH]c2ccccc12)C(=O)NC(Cc1ccc(O)cc1)C(=O)NC(CCC(N)=O)C(=O)O. The van der Waals surface area contributed by atoms with Crippen molar-refractivity contribution in [2.75, 3.05) is 0 Å². The van der Waals surface area contributed by atoms with Crippen LogP contribution in [0.25, 0.3) is 10.9 Å². The van der Waals surface area contributed by atoms with Crippen LogP contribution in [-0.4, -0.2) is 80.2 Å². The van der Waals surface area contributed by atoms with E-state index in [4.69, 9.17) is 11.5 Å². The van der Waals surface area contributed by atoms with E-state index < -0.39 is 59.9 Å². The van der Waals surface area contributed by atoms with Crippen molar-refractivity contribution in [2.45, 2.75) is 62.9 Å². The van der Waals surface area contributed by atoms with E-state index in [9.17, 15) is 39.3 Å². The summed E-state index contributed by atoms with van der Waals surface area (Å²) < 4.78 is 0. The molecule has 3 rings (SSSR count). The van der Waals surface area contributed by atoms with Gasteiger partial charge in [-0.2, -0.15) is 0 Å². The summed E-state index contributed by atoms with van der Waals surface area (Å²) in [7, 11) is 0. The van der Waals surface area contributed by atoms with Crippen LogP contribution in [0.15, 0.2) is 54.7 Å². The number of para-hydroxylation sites is 1. The van der Waals surface area contributed by atoms with Crippen molar-refractivity contribution in [1.29, 1.82) is 0 Å². The summed E-state index contributed by atoms with van der Waals surface area (Å²) in [5.74, 6) is -4.62. The summed E-state index contributed by atoms with van der Waals surface area (Å²) in [5.41, 5.74) is 12.9. The maximum absolute atomic E-state index is 13.7. The fraction of sp³-hybridized carbons (Fsp3) is 0.345. The number of nitrogens with two attached hydrogens (primary N) is 2. The van der Waals surface area contributed by atoms with Crippen LogP contribution in [0.4, 0.5) is 0 Å². The molecule has 0 saturated carbocycles. The number of fused-ring (bicyclic) bond motifs is 1. The number of carbonyl (C=O) groups excluding carboxylic acids is 4. The van der Waals surface area contributed by atoms with Crippen molar-refractivity contribution in [1.82, 2.24) is 20.9 Å². The molecule has 14 heteroatoms. The Labute approximate surface area is 246 Å². The number of aliphatic carboxylic acids is 1. The Hall–Kier alpha value is -4.95. The summed E-state index contributed by atoms with van der Waals surface area (Å²) >= 11 is 0. The summed E-state index contributed by atoms with van der Waals surface area (Å²) in [6.45, 7) is 1.33. The fourth-order valence-electron chi connectivity index (χ4n) is 4.38. The van der Waals surface area contributed by atoms with Crippen LogP contribution >= 0.6 is 0 Å². The number of phenols is 1. The van der Waals surface area contributed by atoms with Crippen LogP contribution in [-0.2, 0) is 36.8 Å². The van der Waals surface area contributed by atoms with Crippen molar-refractivity contribution in [2.24, 2.45) is 11.5 Å². The molecule has 4 amide bonds. The van der Waals surface area contributed by atoms with E-state index in [2.05, 4.69) is 20.9 Å². The number of aromatic nitrogens is 1.